The van der Waals surface area contributed by atoms with Crippen molar-refractivity contribution in [2.24, 2.45) is 0 Å². The van der Waals surface area contributed by atoms with Crippen LogP contribution in [0.3, 0.4) is 0 Å². The number of carbonyl (C=O) groups excluding carboxylic acids is 1. The lowest BCUT2D eigenvalue weighted by molar-refractivity contribution is -0.136. The Labute approximate surface area is 153 Å². The first-order chi connectivity index (χ1) is 12.9. The molecule has 1 amide bonds. The van der Waals surface area contributed by atoms with E-state index < -0.39 is 17.6 Å². The van der Waals surface area contributed by atoms with Crippen molar-refractivity contribution in [3.05, 3.63) is 83.9 Å². The van der Waals surface area contributed by atoms with E-state index in [1.54, 1.807) is 12.3 Å². The zero-order valence-electron chi connectivity index (χ0n) is 14.0. The summed E-state index contributed by atoms with van der Waals surface area (Å²) in [4.78, 5) is 20.5. The van der Waals surface area contributed by atoms with Gasteiger partial charge in [0.1, 0.15) is 0 Å². The minimum Gasteiger partial charge on any atom is -0.378 e. The molecule has 0 bridgehead atoms. The monoisotopic (exact) mass is 372 g/mol. The molecule has 1 aromatic carbocycles. The van der Waals surface area contributed by atoms with Crippen molar-refractivity contribution in [2.45, 2.75) is 12.7 Å². The smallest absolute Gasteiger partial charge is 0.378 e. The Balaban J connectivity index is 1.73. The molecule has 27 heavy (non-hydrogen) atoms. The molecule has 0 saturated heterocycles. The highest BCUT2D eigenvalue weighted by atomic mass is 19.4. The van der Waals surface area contributed by atoms with Crippen LogP contribution >= 0.6 is 0 Å². The summed E-state index contributed by atoms with van der Waals surface area (Å²) in [6.07, 6.45) is -0.0910. The molecule has 0 saturated carbocycles. The number of nitrogens with zero attached hydrogens (tertiary/aromatic N) is 2. The fraction of sp³-hybridized carbons (Fsp3) is 0.105. The predicted octanol–water partition coefficient (Wildman–Crippen LogP) is 4.36. The van der Waals surface area contributed by atoms with Gasteiger partial charge in [0.25, 0.3) is 5.91 Å². The van der Waals surface area contributed by atoms with Crippen LogP contribution in [0.4, 0.5) is 24.5 Å². The normalized spacial score (nSPS) is 11.1. The van der Waals surface area contributed by atoms with Gasteiger partial charge >= 0.3 is 6.18 Å². The van der Waals surface area contributed by atoms with Gasteiger partial charge in [-0.2, -0.15) is 13.2 Å². The summed E-state index contributed by atoms with van der Waals surface area (Å²) in [6, 6.07) is 11.8. The average molecular weight is 372 g/mol. The van der Waals surface area contributed by atoms with Gasteiger partial charge in [0.15, 0.2) is 0 Å². The summed E-state index contributed by atoms with van der Waals surface area (Å²) in [5.74, 6) is -0.680. The molecule has 0 atom stereocenters. The van der Waals surface area contributed by atoms with Crippen molar-refractivity contribution in [3.63, 3.8) is 0 Å². The number of pyridine rings is 2. The Morgan fingerprint density at radius 3 is 2.56 bits per heavy atom. The summed E-state index contributed by atoms with van der Waals surface area (Å²) < 4.78 is 39.1. The first-order valence-electron chi connectivity index (χ1n) is 8.00. The lowest BCUT2D eigenvalue weighted by Gasteiger charge is -2.13. The number of anilines is 2. The maximum Gasteiger partial charge on any atom is 0.418 e. The van der Waals surface area contributed by atoms with Gasteiger partial charge in [-0.1, -0.05) is 18.2 Å². The highest BCUT2D eigenvalue weighted by Gasteiger charge is 2.33. The third-order valence-corrected chi connectivity index (χ3v) is 3.68. The third-order valence-electron chi connectivity index (χ3n) is 3.68. The molecule has 2 N–H and O–H groups in total. The minimum absolute atomic E-state index is 0.137. The Bertz CT molecular complexity index is 929. The maximum absolute atomic E-state index is 13.0. The second-order valence-electron chi connectivity index (χ2n) is 5.63. The third kappa shape index (κ3) is 4.81. The molecule has 138 valence electrons. The van der Waals surface area contributed by atoms with Crippen LogP contribution in [-0.2, 0) is 12.7 Å². The molecule has 3 aromatic rings. The van der Waals surface area contributed by atoms with E-state index in [2.05, 4.69) is 20.6 Å². The average Bonchev–Trinajstić information content (AvgIpc) is 2.67. The summed E-state index contributed by atoms with van der Waals surface area (Å²) >= 11 is 0. The van der Waals surface area contributed by atoms with Gasteiger partial charge in [-0.05, 0) is 30.3 Å². The number of rotatable bonds is 5. The highest BCUT2D eigenvalue weighted by Crippen LogP contribution is 2.34. The minimum atomic E-state index is -4.56. The van der Waals surface area contributed by atoms with Crippen LogP contribution in [0, 0.1) is 0 Å². The van der Waals surface area contributed by atoms with Crippen molar-refractivity contribution in [3.8, 4) is 0 Å². The molecule has 8 heteroatoms. The van der Waals surface area contributed by atoms with E-state index >= 15 is 0 Å². The molecule has 0 unspecified atom stereocenters. The molecular formula is C19H15F3N4O. The summed E-state index contributed by atoms with van der Waals surface area (Å²) in [5.41, 5.74) is 0.277. The van der Waals surface area contributed by atoms with Gasteiger partial charge in [0, 0.05) is 18.6 Å². The molecule has 3 rings (SSSR count). The van der Waals surface area contributed by atoms with E-state index in [-0.39, 0.29) is 11.3 Å². The number of aromatic nitrogens is 2. The van der Waals surface area contributed by atoms with Crippen LogP contribution < -0.4 is 10.6 Å². The fourth-order valence-electron chi connectivity index (χ4n) is 2.39. The topological polar surface area (TPSA) is 66.9 Å². The van der Waals surface area contributed by atoms with E-state index in [0.29, 0.717) is 12.2 Å². The van der Waals surface area contributed by atoms with Crippen LogP contribution in [0.2, 0.25) is 0 Å². The SMILES string of the molecule is O=C(Nc1ccccc1C(F)(F)F)c1cncc(NCc2ccccn2)c1. The van der Waals surface area contributed by atoms with Gasteiger partial charge in [-0.15, -0.1) is 0 Å². The lowest BCUT2D eigenvalue weighted by Crippen LogP contribution is -2.17. The van der Waals surface area contributed by atoms with E-state index in [1.807, 2.05) is 12.1 Å². The van der Waals surface area contributed by atoms with E-state index in [4.69, 9.17) is 0 Å². The second kappa shape index (κ2) is 7.86. The summed E-state index contributed by atoms with van der Waals surface area (Å²) in [7, 11) is 0. The number of hydrogen-bond acceptors (Lipinski definition) is 4. The van der Waals surface area contributed by atoms with Crippen molar-refractivity contribution in [1.29, 1.82) is 0 Å². The molecule has 0 aliphatic heterocycles. The maximum atomic E-state index is 13.0. The predicted molar refractivity (Wildman–Crippen MR) is 95.2 cm³/mol. The molecule has 0 fully saturated rings. The Kier molecular flexibility index (Phi) is 5.35. The zero-order valence-corrected chi connectivity index (χ0v) is 14.0. The number of para-hydroxylation sites is 1. The first-order valence-corrected chi connectivity index (χ1v) is 8.00. The number of benzene rings is 1. The standard InChI is InChI=1S/C19H15F3N4O/c20-19(21,22)16-6-1-2-7-17(16)26-18(27)13-9-15(11-23-10-13)25-12-14-5-3-4-8-24-14/h1-11,25H,12H2,(H,26,27). The van der Waals surface area contributed by atoms with Crippen LogP contribution in [0.5, 0.6) is 0 Å². The summed E-state index contributed by atoms with van der Waals surface area (Å²) in [5, 5.41) is 5.37. The van der Waals surface area contributed by atoms with E-state index in [9.17, 15) is 18.0 Å². The molecule has 0 radical (unpaired) electrons. The molecule has 5 nitrogen and oxygen atoms in total. The quantitative estimate of drug-likeness (QED) is 0.698. The number of alkyl halides is 3. The molecule has 0 aliphatic carbocycles. The van der Waals surface area contributed by atoms with Crippen molar-refractivity contribution >= 4 is 17.3 Å². The summed E-state index contributed by atoms with van der Waals surface area (Å²) in [6.45, 7) is 0.421. The molecular weight excluding hydrogens is 357 g/mol. The van der Waals surface area contributed by atoms with Crippen LogP contribution in [0.15, 0.2) is 67.1 Å². The van der Waals surface area contributed by atoms with Crippen molar-refractivity contribution < 1.29 is 18.0 Å². The number of amides is 1. The molecule has 0 spiro atoms. The molecule has 2 heterocycles. The Morgan fingerprint density at radius 2 is 1.81 bits per heavy atom. The van der Waals surface area contributed by atoms with Gasteiger partial charge < -0.3 is 10.6 Å². The number of nitrogens with one attached hydrogen (secondary N) is 2. The van der Waals surface area contributed by atoms with E-state index in [1.165, 1.54) is 36.7 Å². The number of hydrogen-bond donors (Lipinski definition) is 2. The zero-order chi connectivity index (χ0) is 19.3. The van der Waals surface area contributed by atoms with Gasteiger partial charge in [0.2, 0.25) is 0 Å². The largest absolute Gasteiger partial charge is 0.418 e. The highest BCUT2D eigenvalue weighted by molar-refractivity contribution is 6.05. The van der Waals surface area contributed by atoms with Crippen LogP contribution in [0.1, 0.15) is 21.6 Å². The molecule has 2 aromatic heterocycles. The van der Waals surface area contributed by atoms with Gasteiger partial charge in [-0.25, -0.2) is 0 Å². The fourth-order valence-corrected chi connectivity index (χ4v) is 2.39. The molecule has 0 aliphatic rings. The van der Waals surface area contributed by atoms with Gasteiger partial charge in [-0.3, -0.25) is 14.8 Å². The van der Waals surface area contributed by atoms with Crippen LogP contribution in [-0.4, -0.2) is 15.9 Å². The first kappa shape index (κ1) is 18.4. The second-order valence-corrected chi connectivity index (χ2v) is 5.63. The number of carbonyl (C=O) groups is 1. The number of halogens is 3. The van der Waals surface area contributed by atoms with Crippen molar-refractivity contribution in [1.82, 2.24) is 9.97 Å². The Morgan fingerprint density at radius 1 is 1.04 bits per heavy atom. The lowest BCUT2D eigenvalue weighted by atomic mass is 10.1. The van der Waals surface area contributed by atoms with E-state index in [0.717, 1.165) is 11.8 Å². The van der Waals surface area contributed by atoms with Crippen molar-refractivity contribution in [2.75, 3.05) is 10.6 Å². The van der Waals surface area contributed by atoms with Gasteiger partial charge in [0.05, 0.1) is 34.7 Å². The Hall–Kier alpha value is -3.42. The van der Waals surface area contributed by atoms with Crippen LogP contribution in [0.25, 0.3) is 0 Å².